The Morgan fingerprint density at radius 1 is 1.13 bits per heavy atom. The Morgan fingerprint density at radius 3 is 2.47 bits per heavy atom. The van der Waals surface area contributed by atoms with Gasteiger partial charge >= 0.3 is 0 Å². The average Bonchev–Trinajstić information content (AvgIpc) is 2.41. The monoisotopic (exact) mass is 212 g/mol. The van der Waals surface area contributed by atoms with Gasteiger partial charge in [0.2, 0.25) is 0 Å². The van der Waals surface area contributed by atoms with Crippen LogP contribution in [0.15, 0.2) is 11.6 Å². The molecule has 0 aromatic heterocycles. The number of β-amino-alcohol motifs (C(OH)–C–C–N with tert-alkyl or cyclic N) is 1. The number of hydrogen-bond donors (Lipinski definition) is 1. The molecule has 0 amide bonds. The van der Waals surface area contributed by atoms with Crippen LogP contribution in [0.5, 0.6) is 0 Å². The zero-order chi connectivity index (χ0) is 11.1. The third kappa shape index (κ3) is 5.30. The Bertz CT molecular complexity index is 200. The Balaban J connectivity index is 2.29. The van der Waals surface area contributed by atoms with Crippen LogP contribution >= 0.6 is 0 Å². The van der Waals surface area contributed by atoms with Gasteiger partial charge in [0.25, 0.3) is 0 Å². The van der Waals surface area contributed by atoms with E-state index in [-0.39, 0.29) is 6.61 Å². The van der Waals surface area contributed by atoms with E-state index < -0.39 is 0 Å². The molecule has 88 valence electrons. The lowest BCUT2D eigenvalue weighted by molar-refractivity contribution is 0.198. The molecule has 1 heterocycles. The van der Waals surface area contributed by atoms with E-state index in [4.69, 9.17) is 5.11 Å². The van der Waals surface area contributed by atoms with Crippen LogP contribution in [0.3, 0.4) is 0 Å². The standard InChI is InChI=1S/C12H24N2O/c1-12(2)4-7-13-5-3-6-14(9-8-13)10-11-15/h4,15H,3,5-11H2,1-2H3. The molecular weight excluding hydrogens is 188 g/mol. The van der Waals surface area contributed by atoms with Gasteiger partial charge in [0.1, 0.15) is 0 Å². The molecule has 0 bridgehead atoms. The van der Waals surface area contributed by atoms with E-state index in [0.29, 0.717) is 0 Å². The first-order valence-electron chi connectivity index (χ1n) is 5.91. The van der Waals surface area contributed by atoms with Gasteiger partial charge in [0.05, 0.1) is 6.61 Å². The highest BCUT2D eigenvalue weighted by molar-refractivity contribution is 4.95. The van der Waals surface area contributed by atoms with E-state index >= 15 is 0 Å². The highest BCUT2D eigenvalue weighted by atomic mass is 16.3. The molecule has 3 nitrogen and oxygen atoms in total. The summed E-state index contributed by atoms with van der Waals surface area (Å²) in [5.74, 6) is 0. The second-order valence-corrected chi connectivity index (χ2v) is 4.50. The van der Waals surface area contributed by atoms with Gasteiger partial charge in [-0.05, 0) is 33.4 Å². The van der Waals surface area contributed by atoms with Crippen LogP contribution < -0.4 is 0 Å². The minimum absolute atomic E-state index is 0.286. The summed E-state index contributed by atoms with van der Waals surface area (Å²) in [4.78, 5) is 4.84. The van der Waals surface area contributed by atoms with Crippen molar-refractivity contribution in [3.8, 4) is 0 Å². The number of aliphatic hydroxyl groups excluding tert-OH is 1. The summed E-state index contributed by atoms with van der Waals surface area (Å²) in [5, 5.41) is 8.89. The predicted molar refractivity (Wildman–Crippen MR) is 64.0 cm³/mol. The molecule has 1 aliphatic rings. The quantitative estimate of drug-likeness (QED) is 0.703. The van der Waals surface area contributed by atoms with E-state index in [1.807, 2.05) is 0 Å². The Hall–Kier alpha value is -0.380. The lowest BCUT2D eigenvalue weighted by Crippen LogP contribution is -2.32. The maximum absolute atomic E-state index is 8.89. The molecule has 0 radical (unpaired) electrons. The first-order valence-corrected chi connectivity index (χ1v) is 5.91. The van der Waals surface area contributed by atoms with E-state index in [2.05, 4.69) is 29.7 Å². The SMILES string of the molecule is CC(C)=CCN1CCCN(CCO)CC1. The van der Waals surface area contributed by atoms with Gasteiger partial charge < -0.3 is 5.11 Å². The van der Waals surface area contributed by atoms with E-state index in [1.165, 1.54) is 18.5 Å². The van der Waals surface area contributed by atoms with Crippen molar-refractivity contribution in [2.75, 3.05) is 45.9 Å². The Labute approximate surface area is 93.4 Å². The zero-order valence-corrected chi connectivity index (χ0v) is 10.1. The lowest BCUT2D eigenvalue weighted by Gasteiger charge is -2.20. The average molecular weight is 212 g/mol. The fourth-order valence-corrected chi connectivity index (χ4v) is 1.88. The summed E-state index contributed by atoms with van der Waals surface area (Å²) in [5.41, 5.74) is 1.39. The van der Waals surface area contributed by atoms with Crippen molar-refractivity contribution in [3.63, 3.8) is 0 Å². The summed E-state index contributed by atoms with van der Waals surface area (Å²) in [6.07, 6.45) is 3.51. The first kappa shape index (κ1) is 12.7. The van der Waals surface area contributed by atoms with Crippen molar-refractivity contribution in [2.24, 2.45) is 0 Å². The fourth-order valence-electron chi connectivity index (χ4n) is 1.88. The molecule has 1 aliphatic heterocycles. The molecule has 3 heteroatoms. The molecule has 0 spiro atoms. The number of hydrogen-bond acceptors (Lipinski definition) is 3. The number of allylic oxidation sites excluding steroid dienone is 1. The van der Waals surface area contributed by atoms with Crippen LogP contribution in [0.4, 0.5) is 0 Å². The first-order chi connectivity index (χ1) is 7.22. The van der Waals surface area contributed by atoms with Crippen LogP contribution in [-0.2, 0) is 0 Å². The molecule has 0 aromatic rings. The van der Waals surface area contributed by atoms with Crippen LogP contribution in [0, 0.1) is 0 Å². The lowest BCUT2D eigenvalue weighted by atomic mass is 10.3. The van der Waals surface area contributed by atoms with Crippen molar-refractivity contribution in [1.82, 2.24) is 9.80 Å². The molecule has 0 saturated carbocycles. The van der Waals surface area contributed by atoms with Gasteiger partial charge in [-0.3, -0.25) is 9.80 Å². The molecule has 1 N–H and O–H groups in total. The van der Waals surface area contributed by atoms with Gasteiger partial charge in [-0.1, -0.05) is 11.6 Å². The molecule has 1 fully saturated rings. The molecule has 0 aliphatic carbocycles. The molecule has 0 atom stereocenters. The highest BCUT2D eigenvalue weighted by Gasteiger charge is 2.12. The molecule has 1 saturated heterocycles. The van der Waals surface area contributed by atoms with Crippen molar-refractivity contribution in [1.29, 1.82) is 0 Å². The van der Waals surface area contributed by atoms with Crippen molar-refractivity contribution in [2.45, 2.75) is 20.3 Å². The smallest absolute Gasteiger partial charge is 0.0558 e. The van der Waals surface area contributed by atoms with Crippen LogP contribution in [0.2, 0.25) is 0 Å². The summed E-state index contributed by atoms with van der Waals surface area (Å²) in [6, 6.07) is 0. The number of rotatable bonds is 4. The molecule has 1 rings (SSSR count). The highest BCUT2D eigenvalue weighted by Crippen LogP contribution is 2.03. The van der Waals surface area contributed by atoms with E-state index in [1.54, 1.807) is 0 Å². The topological polar surface area (TPSA) is 26.7 Å². The molecule has 0 aromatic carbocycles. The second-order valence-electron chi connectivity index (χ2n) is 4.50. The van der Waals surface area contributed by atoms with E-state index in [0.717, 1.165) is 32.7 Å². The summed E-state index contributed by atoms with van der Waals surface area (Å²) >= 11 is 0. The van der Waals surface area contributed by atoms with Crippen LogP contribution in [0.1, 0.15) is 20.3 Å². The van der Waals surface area contributed by atoms with Gasteiger partial charge in [0, 0.05) is 26.2 Å². The third-order valence-electron chi connectivity index (χ3n) is 2.86. The number of nitrogens with zero attached hydrogens (tertiary/aromatic N) is 2. The number of aliphatic hydroxyl groups is 1. The van der Waals surface area contributed by atoms with Gasteiger partial charge in [-0.15, -0.1) is 0 Å². The van der Waals surface area contributed by atoms with Crippen molar-refractivity contribution >= 4 is 0 Å². The van der Waals surface area contributed by atoms with Crippen molar-refractivity contribution < 1.29 is 5.11 Å². The Morgan fingerprint density at radius 2 is 1.80 bits per heavy atom. The fraction of sp³-hybridized carbons (Fsp3) is 0.833. The van der Waals surface area contributed by atoms with Crippen LogP contribution in [-0.4, -0.2) is 60.8 Å². The predicted octanol–water partition coefficient (Wildman–Crippen LogP) is 0.953. The largest absolute Gasteiger partial charge is 0.395 e. The summed E-state index contributed by atoms with van der Waals surface area (Å²) in [7, 11) is 0. The molecular formula is C12H24N2O. The summed E-state index contributed by atoms with van der Waals surface area (Å²) in [6.45, 7) is 11.0. The Kier molecular flexibility index (Phi) is 5.91. The minimum atomic E-state index is 0.286. The third-order valence-corrected chi connectivity index (χ3v) is 2.86. The summed E-state index contributed by atoms with van der Waals surface area (Å²) < 4.78 is 0. The normalized spacial score (nSPS) is 19.9. The molecule has 15 heavy (non-hydrogen) atoms. The molecule has 0 unspecified atom stereocenters. The minimum Gasteiger partial charge on any atom is -0.395 e. The van der Waals surface area contributed by atoms with E-state index in [9.17, 15) is 0 Å². The van der Waals surface area contributed by atoms with Crippen LogP contribution in [0.25, 0.3) is 0 Å². The van der Waals surface area contributed by atoms with Gasteiger partial charge in [-0.2, -0.15) is 0 Å². The zero-order valence-electron chi connectivity index (χ0n) is 10.1. The van der Waals surface area contributed by atoms with Crippen molar-refractivity contribution in [3.05, 3.63) is 11.6 Å². The maximum Gasteiger partial charge on any atom is 0.0558 e. The maximum atomic E-state index is 8.89. The van der Waals surface area contributed by atoms with Gasteiger partial charge in [-0.25, -0.2) is 0 Å². The second kappa shape index (κ2) is 6.99. The van der Waals surface area contributed by atoms with Gasteiger partial charge in [0.15, 0.2) is 0 Å².